The van der Waals surface area contributed by atoms with Gasteiger partial charge in [-0.25, -0.2) is 0 Å². The second-order valence-corrected chi connectivity index (χ2v) is 6.67. The summed E-state index contributed by atoms with van der Waals surface area (Å²) in [5.41, 5.74) is 2.68. The molecule has 0 aliphatic carbocycles. The molecule has 1 aromatic carbocycles. The van der Waals surface area contributed by atoms with Gasteiger partial charge in [0.1, 0.15) is 0 Å². The molecule has 1 N–H and O–H groups in total. The zero-order valence-corrected chi connectivity index (χ0v) is 13.6. The molecule has 4 heteroatoms. The molecule has 0 spiro atoms. The molecule has 3 nitrogen and oxygen atoms in total. The number of hydrogen-bond donors (Lipinski definition) is 1. The van der Waals surface area contributed by atoms with Crippen LogP contribution in [0.25, 0.3) is 10.9 Å². The second-order valence-electron chi connectivity index (χ2n) is 5.75. The lowest BCUT2D eigenvalue weighted by Crippen LogP contribution is -2.44. The van der Waals surface area contributed by atoms with Crippen LogP contribution in [-0.2, 0) is 6.42 Å². The van der Waals surface area contributed by atoms with Crippen molar-refractivity contribution in [3.63, 3.8) is 0 Å². The van der Waals surface area contributed by atoms with Gasteiger partial charge in [0.05, 0.1) is 0 Å². The minimum absolute atomic E-state index is 1.14. The van der Waals surface area contributed by atoms with E-state index in [1.165, 1.54) is 55.6 Å². The predicted octanol–water partition coefficient (Wildman–Crippen LogP) is 3.11. The van der Waals surface area contributed by atoms with E-state index in [0.717, 1.165) is 10.9 Å². The summed E-state index contributed by atoms with van der Waals surface area (Å²) in [5, 5.41) is 1.37. The van der Waals surface area contributed by atoms with Gasteiger partial charge >= 0.3 is 0 Å². The topological polar surface area (TPSA) is 22.3 Å². The number of halogens is 1. The number of likely N-dealkylation sites (N-methyl/N-ethyl adjacent to an activating group) is 1. The van der Waals surface area contributed by atoms with Crippen LogP contribution in [0.1, 0.15) is 12.0 Å². The van der Waals surface area contributed by atoms with Crippen molar-refractivity contribution < 1.29 is 0 Å². The van der Waals surface area contributed by atoms with E-state index >= 15 is 0 Å². The maximum absolute atomic E-state index is 3.52. The Labute approximate surface area is 129 Å². The SMILES string of the molecule is CN1CCN(CCCc2c[nH]c3cc(Br)ccc23)CC1. The Morgan fingerprint density at radius 1 is 1.20 bits per heavy atom. The van der Waals surface area contributed by atoms with Gasteiger partial charge in [-0.2, -0.15) is 0 Å². The first kappa shape index (κ1) is 14.1. The largest absolute Gasteiger partial charge is 0.361 e. The quantitative estimate of drug-likeness (QED) is 0.927. The number of hydrogen-bond acceptors (Lipinski definition) is 2. The highest BCUT2D eigenvalue weighted by Gasteiger charge is 2.13. The number of aromatic nitrogens is 1. The molecule has 2 aromatic rings. The lowest BCUT2D eigenvalue weighted by molar-refractivity contribution is 0.153. The number of piperazine rings is 1. The van der Waals surface area contributed by atoms with Crippen molar-refractivity contribution in [2.75, 3.05) is 39.8 Å². The van der Waals surface area contributed by atoms with Crippen molar-refractivity contribution in [2.24, 2.45) is 0 Å². The lowest BCUT2D eigenvalue weighted by atomic mass is 10.1. The van der Waals surface area contributed by atoms with E-state index in [0.29, 0.717) is 0 Å². The summed E-state index contributed by atoms with van der Waals surface area (Å²) in [6, 6.07) is 6.49. The number of nitrogens with zero attached hydrogens (tertiary/aromatic N) is 2. The van der Waals surface area contributed by atoms with Crippen molar-refractivity contribution >= 4 is 26.8 Å². The van der Waals surface area contributed by atoms with E-state index in [2.05, 4.69) is 62.2 Å². The average Bonchev–Trinajstić information content (AvgIpc) is 2.83. The number of benzene rings is 1. The minimum atomic E-state index is 1.14. The molecular weight excluding hydrogens is 314 g/mol. The first-order valence-electron chi connectivity index (χ1n) is 7.39. The fourth-order valence-corrected chi connectivity index (χ4v) is 3.29. The Balaban J connectivity index is 1.55. The Kier molecular flexibility index (Phi) is 4.44. The van der Waals surface area contributed by atoms with Crippen LogP contribution in [0.2, 0.25) is 0 Å². The number of nitrogens with one attached hydrogen (secondary N) is 1. The molecule has 1 saturated heterocycles. The standard InChI is InChI=1S/C16H22BrN3/c1-19-7-9-20(10-8-19)6-2-3-13-12-18-16-11-14(17)4-5-15(13)16/h4-5,11-12,18H,2-3,6-10H2,1H3. The highest BCUT2D eigenvalue weighted by atomic mass is 79.9. The molecule has 1 aromatic heterocycles. The van der Waals surface area contributed by atoms with E-state index in [4.69, 9.17) is 0 Å². The van der Waals surface area contributed by atoms with Crippen LogP contribution in [0.5, 0.6) is 0 Å². The molecule has 1 aliphatic heterocycles. The molecule has 20 heavy (non-hydrogen) atoms. The third-order valence-electron chi connectivity index (χ3n) is 4.25. The molecule has 108 valence electrons. The van der Waals surface area contributed by atoms with Crippen LogP contribution in [-0.4, -0.2) is 54.6 Å². The van der Waals surface area contributed by atoms with E-state index in [-0.39, 0.29) is 0 Å². The molecule has 0 unspecified atom stereocenters. The van der Waals surface area contributed by atoms with E-state index in [1.54, 1.807) is 0 Å². The molecule has 0 amide bonds. The predicted molar refractivity (Wildman–Crippen MR) is 88.3 cm³/mol. The average molecular weight is 336 g/mol. The van der Waals surface area contributed by atoms with Crippen molar-refractivity contribution in [3.8, 4) is 0 Å². The third kappa shape index (κ3) is 3.25. The van der Waals surface area contributed by atoms with Crippen LogP contribution in [0.15, 0.2) is 28.9 Å². The normalized spacial score (nSPS) is 17.9. The van der Waals surface area contributed by atoms with Gasteiger partial charge < -0.3 is 14.8 Å². The molecule has 0 atom stereocenters. The van der Waals surface area contributed by atoms with Crippen LogP contribution in [0.3, 0.4) is 0 Å². The fraction of sp³-hybridized carbons (Fsp3) is 0.500. The van der Waals surface area contributed by atoms with E-state index < -0.39 is 0 Å². The van der Waals surface area contributed by atoms with Crippen LogP contribution in [0.4, 0.5) is 0 Å². The summed E-state index contributed by atoms with van der Waals surface area (Å²) in [6.07, 6.45) is 4.57. The van der Waals surface area contributed by atoms with Gasteiger partial charge in [0.15, 0.2) is 0 Å². The molecule has 0 radical (unpaired) electrons. The molecule has 1 aliphatic rings. The van der Waals surface area contributed by atoms with E-state index in [1.807, 2.05) is 0 Å². The van der Waals surface area contributed by atoms with Gasteiger partial charge in [-0.3, -0.25) is 0 Å². The maximum atomic E-state index is 3.52. The minimum Gasteiger partial charge on any atom is -0.361 e. The maximum Gasteiger partial charge on any atom is 0.0468 e. The molecule has 3 rings (SSSR count). The second kappa shape index (κ2) is 6.29. The molecule has 1 fully saturated rings. The first-order valence-corrected chi connectivity index (χ1v) is 8.18. The monoisotopic (exact) mass is 335 g/mol. The van der Waals surface area contributed by atoms with Crippen LogP contribution in [0, 0.1) is 0 Å². The molecule has 0 saturated carbocycles. The molecule has 0 bridgehead atoms. The van der Waals surface area contributed by atoms with Gasteiger partial charge in [-0.15, -0.1) is 0 Å². The van der Waals surface area contributed by atoms with Crippen molar-refractivity contribution in [2.45, 2.75) is 12.8 Å². The van der Waals surface area contributed by atoms with Crippen LogP contribution >= 0.6 is 15.9 Å². The third-order valence-corrected chi connectivity index (χ3v) is 4.74. The van der Waals surface area contributed by atoms with Crippen LogP contribution < -0.4 is 0 Å². The number of aryl methyl sites for hydroxylation is 1. The zero-order chi connectivity index (χ0) is 13.9. The lowest BCUT2D eigenvalue weighted by Gasteiger charge is -2.32. The summed E-state index contributed by atoms with van der Waals surface area (Å²) in [7, 11) is 2.21. The number of fused-ring (bicyclic) bond motifs is 1. The number of aromatic amines is 1. The zero-order valence-electron chi connectivity index (χ0n) is 12.0. The summed E-state index contributed by atoms with van der Waals surface area (Å²) in [4.78, 5) is 8.37. The van der Waals surface area contributed by atoms with Gasteiger partial charge in [-0.05, 0) is 44.1 Å². The summed E-state index contributed by atoms with van der Waals surface area (Å²) in [5.74, 6) is 0. The summed E-state index contributed by atoms with van der Waals surface area (Å²) in [6.45, 7) is 6.08. The fourth-order valence-electron chi connectivity index (χ4n) is 2.93. The molecular formula is C16H22BrN3. The highest BCUT2D eigenvalue weighted by Crippen LogP contribution is 2.23. The smallest absolute Gasteiger partial charge is 0.0468 e. The Morgan fingerprint density at radius 3 is 2.80 bits per heavy atom. The first-order chi connectivity index (χ1) is 9.72. The van der Waals surface area contributed by atoms with Crippen molar-refractivity contribution in [1.29, 1.82) is 0 Å². The highest BCUT2D eigenvalue weighted by molar-refractivity contribution is 9.10. The Bertz CT molecular complexity index is 570. The van der Waals surface area contributed by atoms with Gasteiger partial charge in [0.25, 0.3) is 0 Å². The van der Waals surface area contributed by atoms with Gasteiger partial charge in [0.2, 0.25) is 0 Å². The van der Waals surface area contributed by atoms with Gasteiger partial charge in [-0.1, -0.05) is 22.0 Å². The Hall–Kier alpha value is -0.840. The summed E-state index contributed by atoms with van der Waals surface area (Å²) >= 11 is 3.52. The number of H-pyrrole nitrogens is 1. The Morgan fingerprint density at radius 2 is 2.00 bits per heavy atom. The van der Waals surface area contributed by atoms with Crippen molar-refractivity contribution in [3.05, 3.63) is 34.4 Å². The molecule has 2 heterocycles. The van der Waals surface area contributed by atoms with E-state index in [9.17, 15) is 0 Å². The van der Waals surface area contributed by atoms with Crippen molar-refractivity contribution in [1.82, 2.24) is 14.8 Å². The number of rotatable bonds is 4. The summed E-state index contributed by atoms with van der Waals surface area (Å²) < 4.78 is 1.14. The van der Waals surface area contributed by atoms with Gasteiger partial charge in [0, 0.05) is 47.8 Å².